The van der Waals surface area contributed by atoms with E-state index in [0.717, 1.165) is 85.1 Å². The predicted octanol–water partition coefficient (Wildman–Crippen LogP) is 15.5. The van der Waals surface area contributed by atoms with Crippen LogP contribution in [0.15, 0.2) is 218 Å². The van der Waals surface area contributed by atoms with Gasteiger partial charge in [-0.15, -0.1) is 0 Å². The van der Waals surface area contributed by atoms with Crippen LogP contribution < -0.4 is 0 Å². The summed E-state index contributed by atoms with van der Waals surface area (Å²) in [5, 5.41) is 8.16. The van der Waals surface area contributed by atoms with Crippen molar-refractivity contribution in [2.24, 2.45) is 0 Å². The molecule has 0 saturated heterocycles. The van der Waals surface area contributed by atoms with Crippen LogP contribution in [0.5, 0.6) is 0 Å². The molecule has 0 saturated carbocycles. The van der Waals surface area contributed by atoms with Gasteiger partial charge in [-0.3, -0.25) is 9.13 Å². The van der Waals surface area contributed by atoms with Crippen molar-refractivity contribution in [3.8, 4) is 45.4 Å². The summed E-state index contributed by atoms with van der Waals surface area (Å²) in [6.07, 6.45) is 8.49. The van der Waals surface area contributed by atoms with Crippen molar-refractivity contribution >= 4 is 82.0 Å². The third kappa shape index (κ3) is 5.79. The van der Waals surface area contributed by atoms with Crippen molar-refractivity contribution in [3.63, 3.8) is 0 Å². The van der Waals surface area contributed by atoms with Crippen LogP contribution in [0.4, 0.5) is 0 Å². The maximum absolute atomic E-state index is 5.66. The van der Waals surface area contributed by atoms with Crippen molar-refractivity contribution < 1.29 is 0 Å². The minimum Gasteiger partial charge on any atom is -0.309 e. The number of nitrogens with zero attached hydrogens (tertiary/aromatic N) is 6. The molecule has 6 heteroatoms. The zero-order chi connectivity index (χ0) is 44.0. The molecule has 67 heavy (non-hydrogen) atoms. The molecule has 0 amide bonds. The molecule has 4 heterocycles. The zero-order valence-electron chi connectivity index (χ0n) is 36.4. The van der Waals surface area contributed by atoms with Crippen LogP contribution in [-0.2, 0) is 0 Å². The lowest BCUT2D eigenvalue weighted by molar-refractivity contribution is 0.960. The van der Waals surface area contributed by atoms with E-state index in [4.69, 9.17) is 15.0 Å². The molecular weight excluding hydrogens is 817 g/mol. The molecule has 0 radical (unpaired) electrons. The summed E-state index contributed by atoms with van der Waals surface area (Å²) in [7, 11) is 0. The summed E-state index contributed by atoms with van der Waals surface area (Å²) in [4.78, 5) is 16.5. The Bertz CT molecular complexity index is 4190. The van der Waals surface area contributed by atoms with Crippen molar-refractivity contribution in [2.75, 3.05) is 0 Å². The van der Waals surface area contributed by atoms with E-state index >= 15 is 0 Å². The van der Waals surface area contributed by atoms with Gasteiger partial charge in [-0.05, 0) is 101 Å². The Morgan fingerprint density at radius 2 is 1.04 bits per heavy atom. The van der Waals surface area contributed by atoms with Gasteiger partial charge >= 0.3 is 0 Å². The lowest BCUT2D eigenvalue weighted by Gasteiger charge is -2.17. The molecular formula is C61H40N6. The third-order valence-electron chi connectivity index (χ3n) is 13.7. The number of fused-ring (bicyclic) bond motifs is 11. The number of hydrogen-bond acceptors (Lipinski definition) is 3. The average Bonchev–Trinajstić information content (AvgIpc) is 4.07. The first-order valence-corrected chi connectivity index (χ1v) is 23.0. The van der Waals surface area contributed by atoms with Crippen LogP contribution in [-0.4, -0.2) is 28.7 Å². The van der Waals surface area contributed by atoms with Crippen LogP contribution in [0.1, 0.15) is 12.8 Å². The average molecular weight is 857 g/mol. The Balaban J connectivity index is 1.03. The molecule has 0 N–H and O–H groups in total. The summed E-state index contributed by atoms with van der Waals surface area (Å²) in [6.45, 7) is 0. The van der Waals surface area contributed by atoms with E-state index in [9.17, 15) is 0 Å². The van der Waals surface area contributed by atoms with E-state index < -0.39 is 0 Å². The van der Waals surface area contributed by atoms with Gasteiger partial charge in [-0.2, -0.15) is 0 Å². The molecule has 0 bridgehead atoms. The van der Waals surface area contributed by atoms with Gasteiger partial charge in [0.1, 0.15) is 5.82 Å². The summed E-state index contributed by atoms with van der Waals surface area (Å²) in [5.74, 6) is 1.54. The van der Waals surface area contributed by atoms with E-state index in [1.165, 1.54) is 49.2 Å². The van der Waals surface area contributed by atoms with Gasteiger partial charge in [0, 0.05) is 44.1 Å². The second-order valence-electron chi connectivity index (χ2n) is 17.5. The number of hydrogen-bond donors (Lipinski definition) is 0. The maximum atomic E-state index is 5.66. The first kappa shape index (κ1) is 37.5. The largest absolute Gasteiger partial charge is 0.309 e. The number of para-hydroxylation sites is 2. The van der Waals surface area contributed by atoms with Gasteiger partial charge in [0.25, 0.3) is 0 Å². The molecule has 0 fully saturated rings. The second kappa shape index (κ2) is 14.8. The van der Waals surface area contributed by atoms with Crippen molar-refractivity contribution in [3.05, 3.63) is 218 Å². The second-order valence-corrected chi connectivity index (χ2v) is 17.5. The lowest BCUT2D eigenvalue weighted by Crippen LogP contribution is -2.06. The molecule has 9 aromatic carbocycles. The minimum absolute atomic E-state index is 0.623. The Morgan fingerprint density at radius 1 is 0.403 bits per heavy atom. The summed E-state index contributed by atoms with van der Waals surface area (Å²) < 4.78 is 7.00. The normalized spacial score (nSPS) is 13.0. The van der Waals surface area contributed by atoms with E-state index in [0.29, 0.717) is 5.95 Å². The fraction of sp³-hybridized carbons (Fsp3) is 0.0328. The van der Waals surface area contributed by atoms with Crippen LogP contribution in [0.25, 0.3) is 127 Å². The molecule has 4 aromatic heterocycles. The van der Waals surface area contributed by atoms with E-state index in [2.05, 4.69) is 232 Å². The number of imidazole rings is 1. The Hall–Kier alpha value is -8.87. The van der Waals surface area contributed by atoms with Crippen molar-refractivity contribution in [1.82, 2.24) is 28.7 Å². The molecule has 314 valence electrons. The Kier molecular flexibility index (Phi) is 8.31. The molecule has 0 atom stereocenters. The highest BCUT2D eigenvalue weighted by atomic mass is 15.2. The summed E-state index contributed by atoms with van der Waals surface area (Å²) >= 11 is 0. The van der Waals surface area contributed by atoms with E-state index in [1.54, 1.807) is 0 Å². The minimum atomic E-state index is 0.623. The third-order valence-corrected chi connectivity index (χ3v) is 13.7. The number of benzene rings is 9. The molecule has 13 aromatic rings. The molecule has 1 aliphatic carbocycles. The Morgan fingerprint density at radius 3 is 1.82 bits per heavy atom. The van der Waals surface area contributed by atoms with Gasteiger partial charge < -0.3 is 4.57 Å². The van der Waals surface area contributed by atoms with Crippen molar-refractivity contribution in [1.29, 1.82) is 0 Å². The highest BCUT2D eigenvalue weighted by molar-refractivity contribution is 6.22. The lowest BCUT2D eigenvalue weighted by atomic mass is 9.99. The summed E-state index contributed by atoms with van der Waals surface area (Å²) in [6, 6.07) is 71.7. The highest BCUT2D eigenvalue weighted by Gasteiger charge is 2.25. The van der Waals surface area contributed by atoms with Gasteiger partial charge in [-0.25, -0.2) is 15.0 Å². The monoisotopic (exact) mass is 856 g/mol. The highest BCUT2D eigenvalue weighted by Crippen LogP contribution is 2.43. The topological polar surface area (TPSA) is 53.5 Å². The molecule has 14 rings (SSSR count). The van der Waals surface area contributed by atoms with E-state index in [1.807, 2.05) is 0 Å². The maximum Gasteiger partial charge on any atom is 0.235 e. The fourth-order valence-corrected chi connectivity index (χ4v) is 10.7. The zero-order valence-corrected chi connectivity index (χ0v) is 36.4. The number of allylic oxidation sites excluding steroid dienone is 4. The first-order valence-electron chi connectivity index (χ1n) is 23.0. The van der Waals surface area contributed by atoms with Gasteiger partial charge in [0.05, 0.1) is 49.7 Å². The standard InChI is InChI=1S/C61H40N6/c1-5-18-40(19-6-1)58-57-50(32-33-51-59(57)66(45-24-11-4-12-25-45)60(62-51)41-20-7-2-8-21-41)63-61(64-58)67-54-35-31-43(38-49(54)56-46-26-14-13-17-39(46)29-36-55(56)67)42-30-34-53-48(37-42)47-27-15-16-28-52(47)65(53)44-22-9-3-10-23-44/h1-11,13-24,26-38H,12,25H2. The molecule has 6 nitrogen and oxygen atoms in total. The van der Waals surface area contributed by atoms with Crippen LogP contribution in [0.3, 0.4) is 0 Å². The quantitative estimate of drug-likeness (QED) is 0.167. The molecule has 0 unspecified atom stereocenters. The summed E-state index contributed by atoms with van der Waals surface area (Å²) in [5.41, 5.74) is 14.9. The molecule has 0 spiro atoms. The SMILES string of the molecule is C1=CCCC(n2c(-c3ccccc3)nc3ccc4nc(-n5c6ccc(-c7ccc8c(c7)c7ccccc7n8-c7ccccc7)cc6c6c7ccccc7ccc65)nc(-c5ccccc5)c4c32)=C1. The van der Waals surface area contributed by atoms with Gasteiger partial charge in [-0.1, -0.05) is 152 Å². The fourth-order valence-electron chi connectivity index (χ4n) is 10.7. The van der Waals surface area contributed by atoms with Gasteiger partial charge in [0.15, 0.2) is 0 Å². The number of aromatic nitrogens is 6. The number of rotatable bonds is 6. The smallest absolute Gasteiger partial charge is 0.235 e. The predicted molar refractivity (Wildman–Crippen MR) is 278 cm³/mol. The molecule has 0 aliphatic heterocycles. The van der Waals surface area contributed by atoms with Crippen LogP contribution >= 0.6 is 0 Å². The Labute approximate surface area is 385 Å². The van der Waals surface area contributed by atoms with E-state index in [-0.39, 0.29) is 0 Å². The van der Waals surface area contributed by atoms with Gasteiger partial charge in [0.2, 0.25) is 5.95 Å². The van der Waals surface area contributed by atoms with Crippen LogP contribution in [0.2, 0.25) is 0 Å². The van der Waals surface area contributed by atoms with Crippen molar-refractivity contribution in [2.45, 2.75) is 12.8 Å². The van der Waals surface area contributed by atoms with Crippen LogP contribution in [0, 0.1) is 0 Å². The molecule has 1 aliphatic rings. The first-order chi connectivity index (χ1) is 33.2.